The number of hydrogen-bond acceptors (Lipinski definition) is 3. The molecule has 0 heterocycles. The van der Waals surface area contributed by atoms with Crippen molar-refractivity contribution in [2.75, 3.05) is 19.5 Å². The van der Waals surface area contributed by atoms with Gasteiger partial charge in [-0.25, -0.2) is 0 Å². The Labute approximate surface area is 103 Å². The van der Waals surface area contributed by atoms with E-state index in [9.17, 15) is 0 Å². The maximum absolute atomic E-state index is 5.84. The zero-order valence-electron chi connectivity index (χ0n) is 10.4. The largest absolute Gasteiger partial charge is 0.495 e. The van der Waals surface area contributed by atoms with Crippen LogP contribution in [0.5, 0.6) is 11.5 Å². The molecule has 1 aliphatic rings. The Morgan fingerprint density at radius 3 is 2.65 bits per heavy atom. The van der Waals surface area contributed by atoms with Crippen molar-refractivity contribution in [2.24, 2.45) is 5.92 Å². The summed E-state index contributed by atoms with van der Waals surface area (Å²) in [6.07, 6.45) is 6.67. The van der Waals surface area contributed by atoms with Gasteiger partial charge in [0.25, 0.3) is 0 Å². The molecule has 1 aromatic carbocycles. The second kappa shape index (κ2) is 5.80. The van der Waals surface area contributed by atoms with Gasteiger partial charge in [0.2, 0.25) is 0 Å². The van der Waals surface area contributed by atoms with Crippen molar-refractivity contribution < 1.29 is 9.47 Å². The Hall–Kier alpha value is -1.38. The third kappa shape index (κ3) is 3.29. The third-order valence-corrected chi connectivity index (χ3v) is 3.41. The molecule has 1 aliphatic carbocycles. The Balaban J connectivity index is 1.87. The van der Waals surface area contributed by atoms with Crippen LogP contribution in [-0.4, -0.2) is 13.7 Å². The summed E-state index contributed by atoms with van der Waals surface area (Å²) in [7, 11) is 1.62. The molecule has 0 unspecified atom stereocenters. The van der Waals surface area contributed by atoms with Gasteiger partial charge in [0.05, 0.1) is 19.4 Å². The van der Waals surface area contributed by atoms with Gasteiger partial charge in [-0.3, -0.25) is 0 Å². The second-order valence-corrected chi connectivity index (χ2v) is 4.72. The van der Waals surface area contributed by atoms with Gasteiger partial charge in [-0.1, -0.05) is 19.3 Å². The van der Waals surface area contributed by atoms with E-state index in [0.29, 0.717) is 17.4 Å². The van der Waals surface area contributed by atoms with E-state index < -0.39 is 0 Å². The summed E-state index contributed by atoms with van der Waals surface area (Å²) in [5.41, 5.74) is 6.47. The van der Waals surface area contributed by atoms with Crippen LogP contribution in [0, 0.1) is 5.92 Å². The first-order valence-corrected chi connectivity index (χ1v) is 6.36. The number of ether oxygens (including phenoxy) is 2. The molecular formula is C14H21NO2. The highest BCUT2D eigenvalue weighted by atomic mass is 16.5. The molecule has 2 N–H and O–H groups in total. The van der Waals surface area contributed by atoms with E-state index in [1.807, 2.05) is 18.2 Å². The molecule has 1 saturated carbocycles. The van der Waals surface area contributed by atoms with Crippen LogP contribution in [0.15, 0.2) is 18.2 Å². The molecule has 3 nitrogen and oxygen atoms in total. The van der Waals surface area contributed by atoms with Crippen LogP contribution in [0.2, 0.25) is 0 Å². The topological polar surface area (TPSA) is 44.5 Å². The van der Waals surface area contributed by atoms with Gasteiger partial charge in [0, 0.05) is 6.07 Å². The Morgan fingerprint density at radius 2 is 2.00 bits per heavy atom. The number of nitrogen functional groups attached to an aromatic ring is 1. The number of nitrogens with two attached hydrogens (primary N) is 1. The average Bonchev–Trinajstić information content (AvgIpc) is 2.38. The van der Waals surface area contributed by atoms with Crippen LogP contribution in [0.1, 0.15) is 32.1 Å². The summed E-state index contributed by atoms with van der Waals surface area (Å²) in [6, 6.07) is 5.60. The van der Waals surface area contributed by atoms with Gasteiger partial charge in [0.1, 0.15) is 11.5 Å². The third-order valence-electron chi connectivity index (χ3n) is 3.41. The SMILES string of the molecule is COc1ccc(OCC2CCCCC2)cc1N. The molecule has 0 amide bonds. The van der Waals surface area contributed by atoms with E-state index in [-0.39, 0.29) is 0 Å². The molecule has 2 rings (SSSR count). The van der Waals surface area contributed by atoms with Crippen molar-refractivity contribution in [1.29, 1.82) is 0 Å². The lowest BCUT2D eigenvalue weighted by molar-refractivity contribution is 0.209. The van der Waals surface area contributed by atoms with Crippen molar-refractivity contribution in [3.05, 3.63) is 18.2 Å². The predicted molar refractivity (Wildman–Crippen MR) is 69.5 cm³/mol. The molecule has 0 radical (unpaired) electrons. The fourth-order valence-electron chi connectivity index (χ4n) is 2.37. The van der Waals surface area contributed by atoms with Crippen LogP contribution < -0.4 is 15.2 Å². The average molecular weight is 235 g/mol. The Morgan fingerprint density at radius 1 is 1.24 bits per heavy atom. The van der Waals surface area contributed by atoms with Gasteiger partial charge in [-0.05, 0) is 30.9 Å². The first-order chi connectivity index (χ1) is 8.29. The summed E-state index contributed by atoms with van der Waals surface area (Å²) in [4.78, 5) is 0. The van der Waals surface area contributed by atoms with E-state index in [2.05, 4.69) is 0 Å². The number of hydrogen-bond donors (Lipinski definition) is 1. The highest BCUT2D eigenvalue weighted by molar-refractivity contribution is 5.56. The molecule has 0 spiro atoms. The molecule has 0 atom stereocenters. The molecule has 17 heavy (non-hydrogen) atoms. The van der Waals surface area contributed by atoms with Gasteiger partial charge in [-0.2, -0.15) is 0 Å². The molecule has 1 fully saturated rings. The lowest BCUT2D eigenvalue weighted by atomic mass is 9.90. The van der Waals surface area contributed by atoms with Crippen LogP contribution in [0.25, 0.3) is 0 Å². The summed E-state index contributed by atoms with van der Waals surface area (Å²) >= 11 is 0. The fourth-order valence-corrected chi connectivity index (χ4v) is 2.37. The number of benzene rings is 1. The van der Waals surface area contributed by atoms with Crippen LogP contribution >= 0.6 is 0 Å². The summed E-state index contributed by atoms with van der Waals surface area (Å²) in [6.45, 7) is 0.811. The van der Waals surface area contributed by atoms with Crippen molar-refractivity contribution >= 4 is 5.69 Å². The first-order valence-electron chi connectivity index (χ1n) is 6.36. The maximum Gasteiger partial charge on any atom is 0.142 e. The molecule has 0 saturated heterocycles. The Kier molecular flexibility index (Phi) is 4.13. The molecule has 1 aromatic rings. The van der Waals surface area contributed by atoms with Gasteiger partial charge in [-0.15, -0.1) is 0 Å². The maximum atomic E-state index is 5.84. The highest BCUT2D eigenvalue weighted by Crippen LogP contribution is 2.28. The first kappa shape index (κ1) is 12.1. The normalized spacial score (nSPS) is 16.8. The molecule has 0 bridgehead atoms. The molecule has 0 aliphatic heterocycles. The summed E-state index contributed by atoms with van der Waals surface area (Å²) in [5, 5.41) is 0. The summed E-state index contributed by atoms with van der Waals surface area (Å²) < 4.78 is 10.9. The number of anilines is 1. The minimum atomic E-state index is 0.633. The van der Waals surface area contributed by atoms with E-state index in [1.54, 1.807) is 7.11 Å². The van der Waals surface area contributed by atoms with E-state index >= 15 is 0 Å². The number of rotatable bonds is 4. The fraction of sp³-hybridized carbons (Fsp3) is 0.571. The lowest BCUT2D eigenvalue weighted by Crippen LogP contribution is -2.15. The lowest BCUT2D eigenvalue weighted by Gasteiger charge is -2.21. The van der Waals surface area contributed by atoms with Crippen LogP contribution in [-0.2, 0) is 0 Å². The second-order valence-electron chi connectivity index (χ2n) is 4.72. The zero-order chi connectivity index (χ0) is 12.1. The monoisotopic (exact) mass is 235 g/mol. The van der Waals surface area contributed by atoms with Crippen molar-refractivity contribution in [1.82, 2.24) is 0 Å². The van der Waals surface area contributed by atoms with Crippen molar-refractivity contribution in [2.45, 2.75) is 32.1 Å². The minimum absolute atomic E-state index is 0.633. The van der Waals surface area contributed by atoms with Crippen molar-refractivity contribution in [3.8, 4) is 11.5 Å². The van der Waals surface area contributed by atoms with Crippen molar-refractivity contribution in [3.63, 3.8) is 0 Å². The molecular weight excluding hydrogens is 214 g/mol. The van der Waals surface area contributed by atoms with E-state index in [0.717, 1.165) is 12.4 Å². The van der Waals surface area contributed by atoms with Crippen LogP contribution in [0.4, 0.5) is 5.69 Å². The molecule has 0 aromatic heterocycles. The minimum Gasteiger partial charge on any atom is -0.495 e. The number of methoxy groups -OCH3 is 1. The van der Waals surface area contributed by atoms with E-state index in [1.165, 1.54) is 32.1 Å². The predicted octanol–water partition coefficient (Wildman–Crippen LogP) is 3.24. The standard InChI is InChI=1S/C14H21NO2/c1-16-14-8-7-12(9-13(14)15)17-10-11-5-3-2-4-6-11/h7-9,11H,2-6,10,15H2,1H3. The van der Waals surface area contributed by atoms with Crippen LogP contribution in [0.3, 0.4) is 0 Å². The van der Waals surface area contributed by atoms with Gasteiger partial charge in [0.15, 0.2) is 0 Å². The molecule has 94 valence electrons. The van der Waals surface area contributed by atoms with Gasteiger partial charge < -0.3 is 15.2 Å². The molecule has 3 heteroatoms. The van der Waals surface area contributed by atoms with Gasteiger partial charge >= 0.3 is 0 Å². The quantitative estimate of drug-likeness (QED) is 0.815. The zero-order valence-corrected chi connectivity index (χ0v) is 10.4. The Bertz CT molecular complexity index is 359. The summed E-state index contributed by atoms with van der Waals surface area (Å²) in [5.74, 6) is 2.26. The highest BCUT2D eigenvalue weighted by Gasteiger charge is 2.14. The van der Waals surface area contributed by atoms with E-state index in [4.69, 9.17) is 15.2 Å². The smallest absolute Gasteiger partial charge is 0.142 e.